The number of aliphatic hydroxyl groups excluding tert-OH is 2. The number of esters is 2. The van der Waals surface area contributed by atoms with E-state index in [2.05, 4.69) is 22.0 Å². The van der Waals surface area contributed by atoms with Crippen molar-refractivity contribution in [2.75, 3.05) is 41.5 Å². The van der Waals surface area contributed by atoms with E-state index >= 15 is 9.59 Å². The average Bonchev–Trinajstić information content (AvgIpc) is 3.87. The molecule has 2 N–H and O–H groups in total. The number of carbonyl (C=O) groups excluding carboxylic acids is 4. The molecular formula is C54H90N4O18. The molecule has 22 nitrogen and oxygen atoms in total. The number of nitrogens with zero attached hydrogens (tertiary/aromatic N) is 4. The largest absolute Gasteiger partial charge is 0.461 e. The Bertz CT molecular complexity index is 2050. The van der Waals surface area contributed by atoms with Gasteiger partial charge in [0.05, 0.1) is 54.7 Å². The van der Waals surface area contributed by atoms with Gasteiger partial charge < -0.3 is 72.1 Å². The highest BCUT2D eigenvalue weighted by atomic mass is 16.7. The van der Waals surface area contributed by atoms with E-state index in [0.717, 1.165) is 4.57 Å². The summed E-state index contributed by atoms with van der Waals surface area (Å²) in [4.78, 5) is 70.4. The van der Waals surface area contributed by atoms with Crippen molar-refractivity contribution in [1.82, 2.24) is 14.5 Å². The molecule has 3 unspecified atom stereocenters. The smallest absolute Gasteiger partial charge is 0.420 e. The lowest BCUT2D eigenvalue weighted by atomic mass is 9.74. The molecule has 1 aromatic rings. The van der Waals surface area contributed by atoms with Gasteiger partial charge in [0, 0.05) is 76.2 Å². The highest BCUT2D eigenvalue weighted by Crippen LogP contribution is 2.40. The average molecular weight is 1080 g/mol. The quantitative estimate of drug-likeness (QED) is 0.131. The second-order valence-corrected chi connectivity index (χ2v) is 22.6. The van der Waals surface area contributed by atoms with Crippen molar-refractivity contribution in [2.24, 2.45) is 46.6 Å². The lowest BCUT2D eigenvalue weighted by molar-refractivity contribution is -0.305. The maximum atomic E-state index is 15.7. The van der Waals surface area contributed by atoms with Crippen molar-refractivity contribution in [3.05, 3.63) is 18.7 Å². The van der Waals surface area contributed by atoms with Gasteiger partial charge in [-0.2, -0.15) is 0 Å². The molecule has 22 heteroatoms. The van der Waals surface area contributed by atoms with Gasteiger partial charge in [-0.15, -0.1) is 0 Å². The predicted molar refractivity (Wildman–Crippen MR) is 274 cm³/mol. The number of oxime groups is 1. The molecule has 0 bridgehead atoms. The van der Waals surface area contributed by atoms with E-state index in [1.807, 2.05) is 41.7 Å². The molecule has 4 fully saturated rings. The Kier molecular flexibility index (Phi) is 23.2. The van der Waals surface area contributed by atoms with Gasteiger partial charge in [-0.3, -0.25) is 14.4 Å². The van der Waals surface area contributed by atoms with E-state index in [1.54, 1.807) is 41.5 Å². The number of rotatable bonds is 15. The Morgan fingerprint density at radius 2 is 1.54 bits per heavy atom. The first-order valence-electron chi connectivity index (χ1n) is 27.0. The normalized spacial score (nSPS) is 40.7. The molecule has 22 atom stereocenters. The highest BCUT2D eigenvalue weighted by Gasteiger charge is 2.53. The molecule has 0 aliphatic carbocycles. The second kappa shape index (κ2) is 28.0. The molecule has 0 aromatic carbocycles. The third kappa shape index (κ3) is 15.6. The van der Waals surface area contributed by atoms with Crippen LogP contribution in [0.25, 0.3) is 0 Å². The third-order valence-corrected chi connectivity index (χ3v) is 15.6. The monoisotopic (exact) mass is 1080 g/mol. The first kappa shape index (κ1) is 63.2. The number of hydrogen-bond acceptors (Lipinski definition) is 21. The molecule has 4 aliphatic heterocycles. The molecule has 4 aliphatic rings. The van der Waals surface area contributed by atoms with Gasteiger partial charge in [0.2, 0.25) is 0 Å². The van der Waals surface area contributed by atoms with Crippen LogP contribution in [0.4, 0.5) is 4.79 Å². The summed E-state index contributed by atoms with van der Waals surface area (Å²) in [6.45, 7) is 23.8. The van der Waals surface area contributed by atoms with E-state index in [1.165, 1.54) is 47.0 Å². The Labute approximate surface area is 449 Å². The number of ketones is 1. The van der Waals surface area contributed by atoms with Crippen molar-refractivity contribution in [1.29, 1.82) is 0 Å². The highest BCUT2D eigenvalue weighted by molar-refractivity contribution is 5.92. The van der Waals surface area contributed by atoms with Crippen LogP contribution in [0, 0.1) is 41.4 Å². The molecule has 5 heterocycles. The predicted octanol–water partition coefficient (Wildman–Crippen LogP) is 5.16. The van der Waals surface area contributed by atoms with E-state index in [-0.39, 0.29) is 49.6 Å². The second-order valence-electron chi connectivity index (χ2n) is 22.6. The van der Waals surface area contributed by atoms with Crippen LogP contribution in [0.1, 0.15) is 116 Å². The van der Waals surface area contributed by atoms with Gasteiger partial charge in [-0.05, 0) is 66.8 Å². The van der Waals surface area contributed by atoms with Gasteiger partial charge in [0.1, 0.15) is 50.1 Å². The van der Waals surface area contributed by atoms with Crippen LogP contribution in [0.2, 0.25) is 0 Å². The Morgan fingerprint density at radius 1 is 0.855 bits per heavy atom. The van der Waals surface area contributed by atoms with Crippen molar-refractivity contribution in [3.63, 3.8) is 0 Å². The van der Waals surface area contributed by atoms with Crippen LogP contribution in [-0.2, 0) is 71.3 Å². The number of hydrogen-bond donors (Lipinski definition) is 2. The fourth-order valence-corrected chi connectivity index (χ4v) is 11.4. The van der Waals surface area contributed by atoms with Crippen LogP contribution in [-0.4, -0.2) is 193 Å². The molecule has 0 radical (unpaired) electrons. The molecule has 0 spiro atoms. The lowest BCUT2D eigenvalue weighted by Gasteiger charge is -2.45. The summed E-state index contributed by atoms with van der Waals surface area (Å²) in [7, 11) is 6.29. The van der Waals surface area contributed by atoms with Crippen LogP contribution in [0.3, 0.4) is 0 Å². The fourth-order valence-electron chi connectivity index (χ4n) is 11.4. The molecule has 4 saturated heterocycles. The summed E-state index contributed by atoms with van der Waals surface area (Å²) in [5.74, 6) is -7.41. The fraction of sp³-hybridized carbons (Fsp3) is 0.852. The molecular weight excluding hydrogens is 993 g/mol. The Balaban J connectivity index is 1.71. The maximum Gasteiger partial charge on any atom is 0.420 e. The maximum absolute atomic E-state index is 15.7. The molecule has 0 amide bonds. The van der Waals surface area contributed by atoms with Crippen molar-refractivity contribution < 1.29 is 86.3 Å². The van der Waals surface area contributed by atoms with Gasteiger partial charge >= 0.3 is 18.0 Å². The Hall–Kier alpha value is -3.68. The van der Waals surface area contributed by atoms with Crippen LogP contribution in [0.15, 0.2) is 23.9 Å². The SMILES string of the molecule is CON=C1CC(C)O[C@@H](O[C@@H]2[C@@H](C)[C@H](O[C@H]3CC(C)N(C)C[C@H](C)O3)[C@@H](C)C(=O)O[C@H]([C@@H](C)COC3O[C@H](C)[C@@H](O)[C@@H](OC)[C@H]3OC)[C@H](C)[C@@H](OC(=O)CC(C)C)[C@@H](C)C(=O)[C@@](C)(OC(=O)n3ccnc3)C[C@@H]2C)[C@@H]1O. The van der Waals surface area contributed by atoms with Gasteiger partial charge in [0.15, 0.2) is 30.3 Å². The van der Waals surface area contributed by atoms with Crippen LogP contribution < -0.4 is 0 Å². The van der Waals surface area contributed by atoms with Crippen molar-refractivity contribution in [3.8, 4) is 0 Å². The summed E-state index contributed by atoms with van der Waals surface area (Å²) in [5.41, 5.74) is -1.68. The molecule has 5 rings (SSSR count). The zero-order valence-corrected chi connectivity index (χ0v) is 47.9. The van der Waals surface area contributed by atoms with E-state index in [4.69, 9.17) is 56.9 Å². The van der Waals surface area contributed by atoms with E-state index in [9.17, 15) is 19.8 Å². The summed E-state index contributed by atoms with van der Waals surface area (Å²) < 4.78 is 71.2. The zero-order valence-electron chi connectivity index (χ0n) is 47.9. The van der Waals surface area contributed by atoms with Crippen molar-refractivity contribution in [2.45, 2.75) is 213 Å². The number of likely N-dealkylation sites (N-methyl/N-ethyl adjacent to an activating group) is 1. The van der Waals surface area contributed by atoms with E-state index < -0.39 is 145 Å². The zero-order chi connectivity index (χ0) is 56.5. The summed E-state index contributed by atoms with van der Waals surface area (Å²) in [6, 6.07) is 0.0133. The summed E-state index contributed by atoms with van der Waals surface area (Å²) in [5, 5.41) is 26.8. The summed E-state index contributed by atoms with van der Waals surface area (Å²) >= 11 is 0. The molecule has 76 heavy (non-hydrogen) atoms. The first-order chi connectivity index (χ1) is 35.7. The number of imidazole rings is 1. The van der Waals surface area contributed by atoms with Crippen molar-refractivity contribution >= 4 is 29.5 Å². The molecule has 0 saturated carbocycles. The minimum atomic E-state index is -1.97. The topological polar surface area (TPSA) is 253 Å². The number of aliphatic hydroxyl groups is 2. The lowest BCUT2D eigenvalue weighted by Crippen LogP contribution is -2.59. The van der Waals surface area contributed by atoms with Gasteiger partial charge in [-0.1, -0.05) is 53.6 Å². The standard InChI is InChI=1S/C54H90N4O18/c1-27(2)20-39(59)72-45-34(9)44(29(4)25-68-52-48(66-16)47(65-15)41(60)37(12)71-52)74-50(63)36(11)46(73-40-21-30(5)57(14)24-32(7)69-40)33(8)43(75-51-42(61)38(56-67-17)22-31(6)70-51)28(3)23-54(13,49(62)35(45)10)76-53(64)58-19-18-55-26-58/h18-19,26-37,40-48,51-52,60-61H,20-25H2,1-17H3/t28-,29-,30?,31?,32-,33+,34-,35+,36+,37+,40-,41+,42+,43-,44+,45+,46-,47+,48+,51-,52?,54-/m0/s1. The van der Waals surface area contributed by atoms with Crippen LogP contribution in [0.5, 0.6) is 0 Å². The molecule has 434 valence electrons. The van der Waals surface area contributed by atoms with E-state index in [0.29, 0.717) is 13.0 Å². The van der Waals surface area contributed by atoms with Gasteiger partial charge in [0.25, 0.3) is 0 Å². The minimum Gasteiger partial charge on any atom is -0.461 e. The van der Waals surface area contributed by atoms with Gasteiger partial charge in [-0.25, -0.2) is 14.3 Å². The number of cyclic esters (lactones) is 1. The molecule has 1 aromatic heterocycles. The first-order valence-corrected chi connectivity index (χ1v) is 27.0. The minimum absolute atomic E-state index is 0.00697. The summed E-state index contributed by atoms with van der Waals surface area (Å²) in [6.07, 6.45) is -9.49. The Morgan fingerprint density at radius 3 is 2.16 bits per heavy atom. The number of aromatic nitrogens is 2. The third-order valence-electron chi connectivity index (χ3n) is 15.6. The van der Waals surface area contributed by atoms with Crippen LogP contribution >= 0.6 is 0 Å². The number of carbonyl (C=O) groups is 4. The number of methoxy groups -OCH3 is 2. The number of ether oxygens (including phenoxy) is 11. The number of Topliss-reactive ketones (excluding diaryl/α,β-unsaturated/α-hetero) is 1.